The van der Waals surface area contributed by atoms with Gasteiger partial charge in [0.15, 0.2) is 0 Å². The number of methoxy groups -OCH3 is 1. The maximum Gasteiger partial charge on any atom is 0.243 e. The number of hydrogen-bond acceptors (Lipinski definition) is 4. The van der Waals surface area contributed by atoms with Gasteiger partial charge in [-0.3, -0.25) is 0 Å². The summed E-state index contributed by atoms with van der Waals surface area (Å²) in [5.41, 5.74) is -0.860. The van der Waals surface area contributed by atoms with Gasteiger partial charge in [0.05, 0.1) is 17.6 Å². The molecule has 0 aromatic heterocycles. The van der Waals surface area contributed by atoms with Crippen LogP contribution >= 0.6 is 0 Å². The molecule has 106 valence electrons. The molecule has 1 N–H and O–H groups in total. The summed E-state index contributed by atoms with van der Waals surface area (Å²) < 4.78 is 31.0. The summed E-state index contributed by atoms with van der Waals surface area (Å²) in [5, 5.41) is 10.1. The minimum atomic E-state index is -3.53. The van der Waals surface area contributed by atoms with E-state index in [0.29, 0.717) is 12.2 Å². The fraction of sp³-hybridized carbons (Fsp3) is 0.538. The summed E-state index contributed by atoms with van der Waals surface area (Å²) in [4.78, 5) is 0.199. The largest absolute Gasteiger partial charge is 0.497 e. The maximum absolute atomic E-state index is 12.3. The molecule has 1 fully saturated rings. The van der Waals surface area contributed by atoms with Crippen LogP contribution in [0.1, 0.15) is 19.8 Å². The molecule has 1 aromatic carbocycles. The highest BCUT2D eigenvalue weighted by Crippen LogP contribution is 2.32. The van der Waals surface area contributed by atoms with E-state index in [2.05, 4.69) is 0 Å². The molecule has 6 heteroatoms. The van der Waals surface area contributed by atoms with Crippen molar-refractivity contribution in [3.63, 3.8) is 0 Å². The Morgan fingerprint density at radius 2 is 2.11 bits per heavy atom. The highest BCUT2D eigenvalue weighted by atomic mass is 32.2. The van der Waals surface area contributed by atoms with Crippen LogP contribution in [0.4, 0.5) is 0 Å². The van der Waals surface area contributed by atoms with Crippen molar-refractivity contribution in [2.24, 2.45) is 0 Å². The second-order valence-electron chi connectivity index (χ2n) is 4.93. The van der Waals surface area contributed by atoms with Crippen LogP contribution in [-0.2, 0) is 10.0 Å². The standard InChI is InChI=1S/C13H19NO4S/c1-3-7-13(15)9-14(10-13)19(16,17)12-6-4-5-11(8-12)18-2/h4-6,8,15H,3,7,9-10H2,1-2H3. The van der Waals surface area contributed by atoms with Crippen molar-refractivity contribution in [2.75, 3.05) is 20.2 Å². The fourth-order valence-corrected chi connectivity index (χ4v) is 3.95. The van der Waals surface area contributed by atoms with Gasteiger partial charge < -0.3 is 9.84 Å². The molecular formula is C13H19NO4S. The molecule has 0 radical (unpaired) electrons. The molecule has 1 saturated heterocycles. The van der Waals surface area contributed by atoms with E-state index >= 15 is 0 Å². The molecule has 1 aromatic rings. The molecule has 0 unspecified atom stereocenters. The van der Waals surface area contributed by atoms with Crippen molar-refractivity contribution in [1.82, 2.24) is 4.31 Å². The quantitative estimate of drug-likeness (QED) is 0.883. The zero-order chi connectivity index (χ0) is 14.1. The second-order valence-corrected chi connectivity index (χ2v) is 6.86. The van der Waals surface area contributed by atoms with Gasteiger partial charge in [-0.25, -0.2) is 8.42 Å². The van der Waals surface area contributed by atoms with Gasteiger partial charge in [0.25, 0.3) is 0 Å². The zero-order valence-corrected chi connectivity index (χ0v) is 12.0. The number of aliphatic hydroxyl groups is 1. The van der Waals surface area contributed by atoms with Crippen LogP contribution in [0, 0.1) is 0 Å². The van der Waals surface area contributed by atoms with Gasteiger partial charge >= 0.3 is 0 Å². The Morgan fingerprint density at radius 3 is 2.68 bits per heavy atom. The van der Waals surface area contributed by atoms with Gasteiger partial charge in [0, 0.05) is 19.2 Å². The summed E-state index contributed by atoms with van der Waals surface area (Å²) in [6.45, 7) is 2.30. The third kappa shape index (κ3) is 2.75. The van der Waals surface area contributed by atoms with Crippen LogP contribution in [0.25, 0.3) is 0 Å². The van der Waals surface area contributed by atoms with Crippen molar-refractivity contribution in [2.45, 2.75) is 30.3 Å². The number of β-amino-alcohol motifs (C(OH)–C–C–N with tert-alkyl or cyclic N) is 1. The number of rotatable bonds is 5. The molecule has 5 nitrogen and oxygen atoms in total. The predicted molar refractivity (Wildman–Crippen MR) is 71.6 cm³/mol. The fourth-order valence-electron chi connectivity index (χ4n) is 2.31. The lowest BCUT2D eigenvalue weighted by molar-refractivity contribution is -0.0653. The van der Waals surface area contributed by atoms with E-state index in [1.54, 1.807) is 12.1 Å². The number of ether oxygens (including phenoxy) is 1. The van der Waals surface area contributed by atoms with Crippen molar-refractivity contribution < 1.29 is 18.3 Å². The maximum atomic E-state index is 12.3. The molecule has 1 aliphatic heterocycles. The van der Waals surface area contributed by atoms with E-state index in [0.717, 1.165) is 6.42 Å². The van der Waals surface area contributed by atoms with Crippen LogP contribution in [-0.4, -0.2) is 43.6 Å². The zero-order valence-electron chi connectivity index (χ0n) is 11.2. The minimum Gasteiger partial charge on any atom is -0.497 e. The lowest BCUT2D eigenvalue weighted by Crippen LogP contribution is -2.63. The van der Waals surface area contributed by atoms with Crippen molar-refractivity contribution in [1.29, 1.82) is 0 Å². The highest BCUT2D eigenvalue weighted by Gasteiger charge is 2.46. The van der Waals surface area contributed by atoms with Crippen molar-refractivity contribution in [3.8, 4) is 5.75 Å². The average Bonchev–Trinajstić information content (AvgIpc) is 2.36. The van der Waals surface area contributed by atoms with Gasteiger partial charge in [-0.1, -0.05) is 19.4 Å². The highest BCUT2D eigenvalue weighted by molar-refractivity contribution is 7.89. The first-order valence-electron chi connectivity index (χ1n) is 6.28. The number of hydrogen-bond donors (Lipinski definition) is 1. The molecule has 0 spiro atoms. The van der Waals surface area contributed by atoms with Crippen molar-refractivity contribution >= 4 is 10.0 Å². The van der Waals surface area contributed by atoms with Crippen LogP contribution < -0.4 is 4.74 Å². The Balaban J connectivity index is 2.16. The Morgan fingerprint density at radius 1 is 1.42 bits per heavy atom. The van der Waals surface area contributed by atoms with Gasteiger partial charge in [-0.15, -0.1) is 0 Å². The van der Waals surface area contributed by atoms with E-state index < -0.39 is 15.6 Å². The minimum absolute atomic E-state index is 0.167. The van der Waals surface area contributed by atoms with Gasteiger partial charge in [-0.05, 0) is 18.6 Å². The normalized spacial score (nSPS) is 18.9. The lowest BCUT2D eigenvalue weighted by atomic mass is 9.92. The van der Waals surface area contributed by atoms with Crippen LogP contribution in [0.3, 0.4) is 0 Å². The van der Waals surface area contributed by atoms with Gasteiger partial charge in [-0.2, -0.15) is 4.31 Å². The SMILES string of the molecule is CCCC1(O)CN(S(=O)(=O)c2cccc(OC)c2)C1. The third-order valence-corrected chi connectivity index (χ3v) is 5.12. The van der Waals surface area contributed by atoms with Crippen molar-refractivity contribution in [3.05, 3.63) is 24.3 Å². The molecule has 19 heavy (non-hydrogen) atoms. The molecule has 1 aliphatic rings. The number of nitrogens with zero attached hydrogens (tertiary/aromatic N) is 1. The number of sulfonamides is 1. The first-order chi connectivity index (χ1) is 8.91. The first-order valence-corrected chi connectivity index (χ1v) is 7.72. The molecule has 0 amide bonds. The predicted octanol–water partition coefficient (Wildman–Crippen LogP) is 1.23. The smallest absolute Gasteiger partial charge is 0.243 e. The Kier molecular flexibility index (Phi) is 3.85. The topological polar surface area (TPSA) is 66.8 Å². The average molecular weight is 285 g/mol. The summed E-state index contributed by atoms with van der Waals surface area (Å²) in [6, 6.07) is 6.37. The number of benzene rings is 1. The Hall–Kier alpha value is -1.11. The van der Waals surface area contributed by atoms with E-state index in [4.69, 9.17) is 4.74 Å². The summed E-state index contributed by atoms with van der Waals surface area (Å²) in [7, 11) is -2.04. The Bertz CT molecular complexity index is 550. The molecule has 0 aliphatic carbocycles. The van der Waals surface area contributed by atoms with E-state index in [1.165, 1.54) is 23.5 Å². The van der Waals surface area contributed by atoms with Crippen LogP contribution in [0.5, 0.6) is 5.75 Å². The van der Waals surface area contributed by atoms with E-state index in [9.17, 15) is 13.5 Å². The monoisotopic (exact) mass is 285 g/mol. The molecule has 1 heterocycles. The van der Waals surface area contributed by atoms with Gasteiger partial charge in [0.1, 0.15) is 5.75 Å². The molecular weight excluding hydrogens is 266 g/mol. The molecule has 0 atom stereocenters. The molecule has 0 saturated carbocycles. The second kappa shape index (κ2) is 5.11. The van der Waals surface area contributed by atoms with Crippen LogP contribution in [0.15, 0.2) is 29.2 Å². The summed E-state index contributed by atoms with van der Waals surface area (Å²) in [5.74, 6) is 0.505. The third-order valence-electron chi connectivity index (χ3n) is 3.34. The van der Waals surface area contributed by atoms with Gasteiger partial charge in [0.2, 0.25) is 10.0 Å². The molecule has 0 bridgehead atoms. The Labute approximate surface area is 113 Å². The van der Waals surface area contributed by atoms with E-state index in [1.807, 2.05) is 6.92 Å². The lowest BCUT2D eigenvalue weighted by Gasteiger charge is -2.45. The summed E-state index contributed by atoms with van der Waals surface area (Å²) in [6.07, 6.45) is 1.46. The van der Waals surface area contributed by atoms with E-state index in [-0.39, 0.29) is 18.0 Å². The summed E-state index contributed by atoms with van der Waals surface area (Å²) >= 11 is 0. The molecule has 2 rings (SSSR count). The van der Waals surface area contributed by atoms with Crippen LogP contribution in [0.2, 0.25) is 0 Å². The first kappa shape index (κ1) is 14.3.